The quantitative estimate of drug-likeness (QED) is 0.256. The van der Waals surface area contributed by atoms with Gasteiger partial charge in [0.25, 0.3) is 5.56 Å². The Kier molecular flexibility index (Phi) is 8.41. The molecule has 1 aliphatic heterocycles. The first-order chi connectivity index (χ1) is 18.9. The highest BCUT2D eigenvalue weighted by Crippen LogP contribution is 2.33. The fourth-order valence-electron chi connectivity index (χ4n) is 4.37. The Morgan fingerprint density at radius 2 is 2.03 bits per heavy atom. The number of anilines is 2. The maximum absolute atomic E-state index is 13.5. The lowest BCUT2D eigenvalue weighted by atomic mass is 10.1. The molecule has 5 rings (SSSR count). The molecular weight excluding hydrogens is 534 g/mol. The van der Waals surface area contributed by atoms with Crippen LogP contribution in [0.2, 0.25) is 5.15 Å². The zero-order chi connectivity index (χ0) is 27.4. The van der Waals surface area contributed by atoms with Crippen LogP contribution in [0.1, 0.15) is 36.0 Å². The number of thioether (sulfide) groups is 1. The number of pyridine rings is 1. The maximum Gasteiger partial charge on any atom is 0.268 e. The highest BCUT2D eigenvalue weighted by molar-refractivity contribution is 7.99. The van der Waals surface area contributed by atoms with Crippen LogP contribution in [0.3, 0.4) is 0 Å². The summed E-state index contributed by atoms with van der Waals surface area (Å²) in [6.45, 7) is 7.78. The van der Waals surface area contributed by atoms with Crippen LogP contribution in [0.15, 0.2) is 52.1 Å². The molecule has 0 amide bonds. The summed E-state index contributed by atoms with van der Waals surface area (Å²) in [4.78, 5) is 31.0. The molecule has 1 atom stereocenters. The molecule has 1 unspecified atom stereocenters. The molecule has 4 heterocycles. The Bertz CT molecular complexity index is 1570. The average molecular weight is 564 g/mol. The number of likely N-dealkylation sites (N-methyl/N-ethyl adjacent to an activating group) is 1. The molecule has 0 bridgehead atoms. The molecule has 4 aromatic rings. The van der Waals surface area contributed by atoms with Crippen molar-refractivity contribution in [3.05, 3.63) is 75.3 Å². The fraction of sp³-hybridized carbons (Fsp3) is 0.357. The second-order valence-electron chi connectivity index (χ2n) is 9.27. The minimum absolute atomic E-state index is 0.0631. The monoisotopic (exact) mass is 563 g/mol. The zero-order valence-corrected chi connectivity index (χ0v) is 23.7. The van der Waals surface area contributed by atoms with Crippen LogP contribution in [0.4, 0.5) is 11.6 Å². The van der Waals surface area contributed by atoms with Crippen LogP contribution >= 0.6 is 23.4 Å². The Morgan fingerprint density at radius 3 is 2.72 bits per heavy atom. The molecule has 1 aliphatic rings. The molecule has 0 radical (unpaired) electrons. The minimum Gasteiger partial charge on any atom is -0.445 e. The first-order valence-electron chi connectivity index (χ1n) is 12.9. The molecule has 9 nitrogen and oxygen atoms in total. The van der Waals surface area contributed by atoms with Gasteiger partial charge in [-0.3, -0.25) is 9.36 Å². The molecule has 0 spiro atoms. The summed E-state index contributed by atoms with van der Waals surface area (Å²) >= 11 is 8.18. The molecule has 1 fully saturated rings. The van der Waals surface area contributed by atoms with Crippen LogP contribution in [0, 0.1) is 12.0 Å². The largest absolute Gasteiger partial charge is 0.445 e. The van der Waals surface area contributed by atoms with E-state index in [9.17, 15) is 4.79 Å². The summed E-state index contributed by atoms with van der Waals surface area (Å²) < 4.78 is 6.93. The van der Waals surface area contributed by atoms with Crippen molar-refractivity contribution in [1.29, 1.82) is 0 Å². The first kappa shape index (κ1) is 27.1. The van der Waals surface area contributed by atoms with E-state index in [0.717, 1.165) is 37.6 Å². The van der Waals surface area contributed by atoms with Crippen LogP contribution in [-0.4, -0.2) is 68.3 Å². The van der Waals surface area contributed by atoms with Crippen molar-refractivity contribution in [1.82, 2.24) is 29.3 Å². The number of benzene rings is 1. The van der Waals surface area contributed by atoms with Gasteiger partial charge in [0.05, 0.1) is 12.1 Å². The highest BCUT2D eigenvalue weighted by atomic mass is 35.5. The van der Waals surface area contributed by atoms with Crippen molar-refractivity contribution in [2.45, 2.75) is 25.6 Å². The van der Waals surface area contributed by atoms with Gasteiger partial charge in [0.2, 0.25) is 5.95 Å². The average Bonchev–Trinajstić information content (AvgIpc) is 3.36. The smallest absolute Gasteiger partial charge is 0.268 e. The number of nitrogens with zero attached hydrogens (tertiary/aromatic N) is 6. The highest BCUT2D eigenvalue weighted by Gasteiger charge is 2.19. The van der Waals surface area contributed by atoms with E-state index in [4.69, 9.17) is 21.0 Å². The van der Waals surface area contributed by atoms with Crippen LogP contribution in [-0.2, 0) is 6.54 Å². The van der Waals surface area contributed by atoms with E-state index in [2.05, 4.69) is 51.3 Å². The molecule has 39 heavy (non-hydrogen) atoms. The molecule has 1 N–H and O–H groups in total. The van der Waals surface area contributed by atoms with Gasteiger partial charge in [-0.1, -0.05) is 23.7 Å². The van der Waals surface area contributed by atoms with Crippen molar-refractivity contribution in [3.8, 4) is 12.0 Å². The van der Waals surface area contributed by atoms with Crippen LogP contribution < -0.4 is 10.9 Å². The van der Waals surface area contributed by atoms with Gasteiger partial charge in [-0.05, 0) is 50.6 Å². The first-order valence-corrected chi connectivity index (χ1v) is 14.3. The SMILES string of the molecule is CCN(C#Cc1cc2cnc(Nc3ccc(C4CN(C)CCS4)cc3)nc2n(Cc2ocnc2Cl)c1=O)CC. The maximum atomic E-state index is 13.5. The van der Waals surface area contributed by atoms with E-state index in [1.54, 1.807) is 12.3 Å². The summed E-state index contributed by atoms with van der Waals surface area (Å²) in [5, 5.41) is 4.61. The third-order valence-corrected chi connectivity index (χ3v) is 8.19. The Balaban J connectivity index is 1.48. The van der Waals surface area contributed by atoms with E-state index in [0.29, 0.717) is 33.6 Å². The van der Waals surface area contributed by atoms with Crippen molar-refractivity contribution in [2.24, 2.45) is 0 Å². The van der Waals surface area contributed by atoms with Crippen LogP contribution in [0.5, 0.6) is 0 Å². The van der Waals surface area contributed by atoms with Crippen molar-refractivity contribution in [2.75, 3.05) is 44.3 Å². The predicted molar refractivity (Wildman–Crippen MR) is 157 cm³/mol. The third kappa shape index (κ3) is 6.22. The predicted octanol–water partition coefficient (Wildman–Crippen LogP) is 4.60. The van der Waals surface area contributed by atoms with Crippen molar-refractivity contribution in [3.63, 3.8) is 0 Å². The van der Waals surface area contributed by atoms with E-state index in [1.165, 1.54) is 16.5 Å². The summed E-state index contributed by atoms with van der Waals surface area (Å²) in [5.74, 6) is 4.89. The lowest BCUT2D eigenvalue weighted by Gasteiger charge is -2.29. The standard InChI is InChI=1S/C28H30ClN7O2S/c1-4-35(5-2)11-10-20-14-21-15-30-28(33-26(21)36(27(20)37)16-23-25(29)31-18-38-23)32-22-8-6-19(7-9-22)24-17-34(3)12-13-39-24/h6-9,14-15,18,24H,4-5,12-13,16-17H2,1-3H3,(H,30,32,33). The molecule has 3 aromatic heterocycles. The summed E-state index contributed by atoms with van der Waals surface area (Å²) in [6, 6.07) is 13.1. The molecule has 11 heteroatoms. The third-order valence-electron chi connectivity index (χ3n) is 6.64. The number of nitrogens with one attached hydrogen (secondary N) is 1. The van der Waals surface area contributed by atoms with E-state index in [1.807, 2.05) is 42.6 Å². The van der Waals surface area contributed by atoms with Gasteiger partial charge >= 0.3 is 0 Å². The second-order valence-corrected chi connectivity index (χ2v) is 10.9. The van der Waals surface area contributed by atoms with Gasteiger partial charge in [0.15, 0.2) is 17.3 Å². The number of hydrogen-bond donors (Lipinski definition) is 1. The molecule has 1 saturated heterocycles. The minimum atomic E-state index is -0.293. The van der Waals surface area contributed by atoms with Gasteiger partial charge in [-0.25, -0.2) is 9.97 Å². The van der Waals surface area contributed by atoms with E-state index >= 15 is 0 Å². The fourth-order valence-corrected chi connectivity index (χ4v) is 5.92. The Hall–Kier alpha value is -3.52. The Morgan fingerprint density at radius 1 is 1.23 bits per heavy atom. The summed E-state index contributed by atoms with van der Waals surface area (Å²) in [6.07, 6.45) is 2.94. The van der Waals surface area contributed by atoms with Crippen molar-refractivity contribution >= 4 is 46.0 Å². The normalized spacial score (nSPS) is 15.6. The van der Waals surface area contributed by atoms with Crippen molar-refractivity contribution < 1.29 is 4.42 Å². The number of rotatable bonds is 7. The van der Waals surface area contributed by atoms with Gasteiger partial charge in [-0.2, -0.15) is 16.7 Å². The van der Waals surface area contributed by atoms with E-state index < -0.39 is 0 Å². The molecule has 202 valence electrons. The van der Waals surface area contributed by atoms with Gasteiger partial charge in [-0.15, -0.1) is 0 Å². The zero-order valence-electron chi connectivity index (χ0n) is 22.1. The molecular formula is C28H30ClN7O2S. The number of fused-ring (bicyclic) bond motifs is 1. The summed E-state index contributed by atoms with van der Waals surface area (Å²) in [5.41, 5.74) is 2.65. The van der Waals surface area contributed by atoms with Gasteiger partial charge in [0, 0.05) is 60.5 Å². The van der Waals surface area contributed by atoms with Gasteiger partial charge < -0.3 is 19.5 Å². The number of halogens is 1. The molecule has 1 aromatic carbocycles. The topological polar surface area (TPSA) is 92.3 Å². The summed E-state index contributed by atoms with van der Waals surface area (Å²) in [7, 11) is 2.16. The number of hydrogen-bond acceptors (Lipinski definition) is 9. The Labute approximate surface area is 236 Å². The second kappa shape index (κ2) is 12.1. The van der Waals surface area contributed by atoms with Gasteiger partial charge in [0.1, 0.15) is 5.65 Å². The van der Waals surface area contributed by atoms with E-state index in [-0.39, 0.29) is 17.3 Å². The lowest BCUT2D eigenvalue weighted by Crippen LogP contribution is -2.30. The molecule has 0 aliphatic carbocycles. The number of aromatic nitrogens is 4. The number of oxazole rings is 1. The molecule has 0 saturated carbocycles. The van der Waals surface area contributed by atoms with Crippen LogP contribution in [0.25, 0.3) is 11.0 Å². The lowest BCUT2D eigenvalue weighted by molar-refractivity contribution is 0.347.